The maximum Gasteiger partial charge on any atom is 0.419 e. The molecule has 1 atom stereocenters. The topological polar surface area (TPSA) is 20.2 Å². The standard InChI is InChI=1S/C15H11ClF4O/c1-8-2-4-10(12(16)6-8)14(21)9-3-5-13(17)11(7-9)15(18,19)20/h2-7,14,21H,1H3. The maximum absolute atomic E-state index is 13.2. The van der Waals surface area contributed by atoms with Crippen molar-refractivity contribution in [1.82, 2.24) is 0 Å². The Balaban J connectivity index is 2.46. The fourth-order valence-electron chi connectivity index (χ4n) is 1.96. The first-order valence-electron chi connectivity index (χ1n) is 6.01. The average molecular weight is 319 g/mol. The van der Waals surface area contributed by atoms with Crippen LogP contribution >= 0.6 is 11.6 Å². The normalized spacial score (nSPS) is 13.3. The molecule has 21 heavy (non-hydrogen) atoms. The number of hydrogen-bond acceptors (Lipinski definition) is 1. The Labute approximate surface area is 123 Å². The van der Waals surface area contributed by atoms with E-state index >= 15 is 0 Å². The molecular weight excluding hydrogens is 308 g/mol. The number of alkyl halides is 3. The summed E-state index contributed by atoms with van der Waals surface area (Å²) in [5, 5.41) is 10.4. The van der Waals surface area contributed by atoms with E-state index < -0.39 is 23.7 Å². The third kappa shape index (κ3) is 3.36. The summed E-state index contributed by atoms with van der Waals surface area (Å²) in [5.74, 6) is -1.38. The Hall–Kier alpha value is -1.59. The predicted octanol–water partition coefficient (Wildman–Crippen LogP) is 4.89. The van der Waals surface area contributed by atoms with E-state index in [9.17, 15) is 22.7 Å². The van der Waals surface area contributed by atoms with E-state index in [-0.39, 0.29) is 16.1 Å². The Bertz CT molecular complexity index is 667. The van der Waals surface area contributed by atoms with Crippen LogP contribution in [0.25, 0.3) is 0 Å². The molecule has 0 bridgehead atoms. The third-order valence-corrected chi connectivity index (χ3v) is 3.39. The van der Waals surface area contributed by atoms with Crippen LogP contribution in [0, 0.1) is 12.7 Å². The summed E-state index contributed by atoms with van der Waals surface area (Å²) in [6.45, 7) is 1.79. The highest BCUT2D eigenvalue weighted by Crippen LogP contribution is 2.35. The van der Waals surface area contributed by atoms with Crippen LogP contribution in [0.2, 0.25) is 5.02 Å². The van der Waals surface area contributed by atoms with Gasteiger partial charge in [-0.25, -0.2) is 4.39 Å². The Morgan fingerprint density at radius 1 is 1.10 bits per heavy atom. The summed E-state index contributed by atoms with van der Waals surface area (Å²) in [7, 11) is 0. The maximum atomic E-state index is 13.2. The fourth-order valence-corrected chi connectivity index (χ4v) is 2.30. The lowest BCUT2D eigenvalue weighted by Crippen LogP contribution is -2.10. The van der Waals surface area contributed by atoms with Crippen molar-refractivity contribution in [3.05, 3.63) is 69.5 Å². The summed E-state index contributed by atoms with van der Waals surface area (Å²) < 4.78 is 51.3. The molecule has 0 aliphatic carbocycles. The van der Waals surface area contributed by atoms with Crippen LogP contribution < -0.4 is 0 Å². The first kappa shape index (κ1) is 15.8. The van der Waals surface area contributed by atoms with E-state index in [2.05, 4.69) is 0 Å². The van der Waals surface area contributed by atoms with Crippen molar-refractivity contribution in [1.29, 1.82) is 0 Å². The van der Waals surface area contributed by atoms with Crippen molar-refractivity contribution in [3.63, 3.8) is 0 Å². The molecule has 0 radical (unpaired) electrons. The summed E-state index contributed by atoms with van der Waals surface area (Å²) in [6.07, 6.45) is -6.18. The van der Waals surface area contributed by atoms with Crippen molar-refractivity contribution in [3.8, 4) is 0 Å². The first-order valence-corrected chi connectivity index (χ1v) is 6.38. The molecular formula is C15H11ClF4O. The first-order chi connectivity index (χ1) is 9.70. The Kier molecular flexibility index (Phi) is 4.25. The van der Waals surface area contributed by atoms with Crippen LogP contribution in [0.3, 0.4) is 0 Å². The van der Waals surface area contributed by atoms with E-state index in [1.807, 2.05) is 0 Å². The summed E-state index contributed by atoms with van der Waals surface area (Å²) in [6, 6.07) is 7.18. The molecule has 0 fully saturated rings. The van der Waals surface area contributed by atoms with Gasteiger partial charge in [0.2, 0.25) is 0 Å². The monoisotopic (exact) mass is 318 g/mol. The van der Waals surface area contributed by atoms with Gasteiger partial charge in [-0.15, -0.1) is 0 Å². The number of aryl methyl sites for hydroxylation is 1. The highest BCUT2D eigenvalue weighted by molar-refractivity contribution is 6.31. The van der Waals surface area contributed by atoms with E-state index in [1.54, 1.807) is 19.1 Å². The second-order valence-corrected chi connectivity index (χ2v) is 5.07. The summed E-state index contributed by atoms with van der Waals surface area (Å²) in [5.41, 5.74) is -0.371. The molecule has 0 aromatic heterocycles. The van der Waals surface area contributed by atoms with Crippen LogP contribution in [0.4, 0.5) is 17.6 Å². The average Bonchev–Trinajstić information content (AvgIpc) is 2.37. The third-order valence-electron chi connectivity index (χ3n) is 3.06. The SMILES string of the molecule is Cc1ccc(C(O)c2ccc(F)c(C(F)(F)F)c2)c(Cl)c1. The van der Waals surface area contributed by atoms with Gasteiger partial charge in [-0.2, -0.15) is 13.2 Å². The molecule has 2 aromatic carbocycles. The van der Waals surface area contributed by atoms with Gasteiger partial charge in [0, 0.05) is 10.6 Å². The molecule has 1 nitrogen and oxygen atoms in total. The lowest BCUT2D eigenvalue weighted by atomic mass is 9.98. The second-order valence-electron chi connectivity index (χ2n) is 4.66. The van der Waals surface area contributed by atoms with Gasteiger partial charge in [-0.1, -0.05) is 29.8 Å². The molecule has 1 unspecified atom stereocenters. The van der Waals surface area contributed by atoms with Crippen molar-refractivity contribution in [2.45, 2.75) is 19.2 Å². The molecule has 0 aliphatic heterocycles. The van der Waals surface area contributed by atoms with Gasteiger partial charge in [0.1, 0.15) is 11.9 Å². The molecule has 0 aliphatic rings. The summed E-state index contributed by atoms with van der Waals surface area (Å²) in [4.78, 5) is 0. The van der Waals surface area contributed by atoms with Crippen molar-refractivity contribution in [2.75, 3.05) is 0 Å². The van der Waals surface area contributed by atoms with Crippen LogP contribution in [0.5, 0.6) is 0 Å². The molecule has 0 saturated heterocycles. The van der Waals surface area contributed by atoms with Gasteiger partial charge in [0.15, 0.2) is 0 Å². The number of rotatable bonds is 2. The molecule has 1 N–H and O–H groups in total. The molecule has 0 amide bonds. The molecule has 0 saturated carbocycles. The van der Waals surface area contributed by atoms with E-state index in [0.717, 1.165) is 11.6 Å². The largest absolute Gasteiger partial charge is 0.419 e. The van der Waals surface area contributed by atoms with Crippen molar-refractivity contribution >= 4 is 11.6 Å². The number of aliphatic hydroxyl groups excluding tert-OH is 1. The fraction of sp³-hybridized carbons (Fsp3) is 0.200. The van der Waals surface area contributed by atoms with Gasteiger partial charge in [0.25, 0.3) is 0 Å². The minimum Gasteiger partial charge on any atom is -0.384 e. The smallest absolute Gasteiger partial charge is 0.384 e. The quantitative estimate of drug-likeness (QED) is 0.782. The van der Waals surface area contributed by atoms with Gasteiger partial charge in [-0.3, -0.25) is 0 Å². The zero-order valence-corrected chi connectivity index (χ0v) is 11.6. The number of aliphatic hydroxyl groups is 1. The molecule has 0 spiro atoms. The molecule has 112 valence electrons. The van der Waals surface area contributed by atoms with E-state index in [0.29, 0.717) is 12.1 Å². The Morgan fingerprint density at radius 2 is 1.76 bits per heavy atom. The predicted molar refractivity (Wildman–Crippen MR) is 71.7 cm³/mol. The molecule has 2 rings (SSSR count). The van der Waals surface area contributed by atoms with Crippen LogP contribution in [0.15, 0.2) is 36.4 Å². The molecule has 6 heteroatoms. The lowest BCUT2D eigenvalue weighted by Gasteiger charge is -2.16. The minimum atomic E-state index is -4.82. The van der Waals surface area contributed by atoms with Crippen molar-refractivity contribution < 1.29 is 22.7 Å². The van der Waals surface area contributed by atoms with Crippen LogP contribution in [-0.4, -0.2) is 5.11 Å². The highest BCUT2D eigenvalue weighted by Gasteiger charge is 2.34. The van der Waals surface area contributed by atoms with E-state index in [4.69, 9.17) is 11.6 Å². The zero-order valence-electron chi connectivity index (χ0n) is 10.9. The molecule has 0 heterocycles. The van der Waals surface area contributed by atoms with Crippen LogP contribution in [-0.2, 0) is 6.18 Å². The zero-order chi connectivity index (χ0) is 15.8. The number of halogens is 5. The van der Waals surface area contributed by atoms with Gasteiger partial charge >= 0.3 is 6.18 Å². The van der Waals surface area contributed by atoms with E-state index in [1.165, 1.54) is 6.07 Å². The Morgan fingerprint density at radius 3 is 2.33 bits per heavy atom. The van der Waals surface area contributed by atoms with Crippen LogP contribution in [0.1, 0.15) is 28.4 Å². The molecule has 2 aromatic rings. The van der Waals surface area contributed by atoms with Gasteiger partial charge in [0.05, 0.1) is 5.56 Å². The number of hydrogen-bond donors (Lipinski definition) is 1. The minimum absolute atomic E-state index is 0.0746. The van der Waals surface area contributed by atoms with Gasteiger partial charge in [-0.05, 0) is 36.2 Å². The number of benzene rings is 2. The van der Waals surface area contributed by atoms with Crippen molar-refractivity contribution in [2.24, 2.45) is 0 Å². The highest BCUT2D eigenvalue weighted by atomic mass is 35.5. The second kappa shape index (κ2) is 5.66. The van der Waals surface area contributed by atoms with Gasteiger partial charge < -0.3 is 5.11 Å². The summed E-state index contributed by atoms with van der Waals surface area (Å²) >= 11 is 5.98. The lowest BCUT2D eigenvalue weighted by molar-refractivity contribution is -0.140.